The molecule has 4 rings (SSSR count). The molecule has 2 aromatic heterocycles. The highest BCUT2D eigenvalue weighted by atomic mass is 35.5. The lowest BCUT2D eigenvalue weighted by molar-refractivity contribution is 0.610. The summed E-state index contributed by atoms with van der Waals surface area (Å²) in [5.41, 5.74) is 2.97. The number of rotatable bonds is 5. The Morgan fingerprint density at radius 3 is 2.70 bits per heavy atom. The monoisotopic (exact) mass is 395 g/mol. The predicted octanol–water partition coefficient (Wildman–Crippen LogP) is 5.27. The number of para-hydroxylation sites is 1. The van der Waals surface area contributed by atoms with Crippen LogP contribution in [0.2, 0.25) is 10.0 Å². The van der Waals surface area contributed by atoms with Crippen molar-refractivity contribution >= 4 is 50.7 Å². The van der Waals surface area contributed by atoms with E-state index in [0.717, 1.165) is 34.9 Å². The van der Waals surface area contributed by atoms with Gasteiger partial charge in [0, 0.05) is 30.1 Å². The molecule has 0 aliphatic heterocycles. The number of hydrogen-bond donors (Lipinski definition) is 1. The van der Waals surface area contributed by atoms with Crippen LogP contribution in [-0.4, -0.2) is 21.3 Å². The van der Waals surface area contributed by atoms with Crippen LogP contribution in [0.1, 0.15) is 12.0 Å². The predicted molar refractivity (Wildman–Crippen MR) is 109 cm³/mol. The van der Waals surface area contributed by atoms with E-state index in [0.29, 0.717) is 27.7 Å². The Kier molecular flexibility index (Phi) is 4.85. The number of benzene rings is 2. The van der Waals surface area contributed by atoms with Gasteiger partial charge in [-0.1, -0.05) is 41.4 Å². The lowest BCUT2D eigenvalue weighted by Gasteiger charge is -2.12. The second-order valence-corrected chi connectivity index (χ2v) is 6.93. The Balaban J connectivity index is 1.51. The molecule has 0 aliphatic carbocycles. The van der Waals surface area contributed by atoms with Gasteiger partial charge in [-0.25, -0.2) is 0 Å². The standard InChI is InChI=1S/C20H15Cl2N5/c21-16-5-2-7-18-15(16)12-26-27(18)9-3-8-24-19-13(10-23)11-25-20-14(19)4-1-6-17(20)22/h1-2,4-7,11-12H,3,8-9H2,(H,24,25). The molecule has 0 spiro atoms. The van der Waals surface area contributed by atoms with E-state index in [2.05, 4.69) is 21.5 Å². The second kappa shape index (κ2) is 7.43. The van der Waals surface area contributed by atoms with E-state index in [4.69, 9.17) is 23.2 Å². The molecule has 0 fully saturated rings. The van der Waals surface area contributed by atoms with Gasteiger partial charge in [0.15, 0.2) is 0 Å². The van der Waals surface area contributed by atoms with Crippen molar-refractivity contribution in [2.24, 2.45) is 0 Å². The van der Waals surface area contributed by atoms with Gasteiger partial charge in [-0.15, -0.1) is 0 Å². The number of fused-ring (bicyclic) bond motifs is 2. The number of nitrogens with one attached hydrogen (secondary N) is 1. The van der Waals surface area contributed by atoms with Crippen LogP contribution in [0.3, 0.4) is 0 Å². The zero-order valence-electron chi connectivity index (χ0n) is 14.3. The third-order valence-corrected chi connectivity index (χ3v) is 5.09. The molecule has 134 valence electrons. The SMILES string of the molecule is N#Cc1cnc2c(Cl)cccc2c1NCCCn1ncc2c(Cl)cccc21. The smallest absolute Gasteiger partial charge is 0.103 e. The summed E-state index contributed by atoms with van der Waals surface area (Å²) in [6, 6.07) is 13.6. The van der Waals surface area contributed by atoms with Crippen molar-refractivity contribution in [3.8, 4) is 6.07 Å². The van der Waals surface area contributed by atoms with Gasteiger partial charge >= 0.3 is 0 Å². The topological polar surface area (TPSA) is 66.5 Å². The Hall–Kier alpha value is -2.81. The Bertz CT molecular complexity index is 1180. The van der Waals surface area contributed by atoms with Crippen LogP contribution in [0, 0.1) is 11.3 Å². The van der Waals surface area contributed by atoms with Crippen molar-refractivity contribution in [3.63, 3.8) is 0 Å². The van der Waals surface area contributed by atoms with Crippen molar-refractivity contribution < 1.29 is 0 Å². The highest BCUT2D eigenvalue weighted by molar-refractivity contribution is 6.35. The second-order valence-electron chi connectivity index (χ2n) is 6.12. The molecule has 0 amide bonds. The van der Waals surface area contributed by atoms with Crippen molar-refractivity contribution in [2.75, 3.05) is 11.9 Å². The first-order valence-corrected chi connectivity index (χ1v) is 9.26. The van der Waals surface area contributed by atoms with E-state index in [1.54, 1.807) is 18.5 Å². The van der Waals surface area contributed by atoms with Gasteiger partial charge in [0.05, 0.1) is 38.5 Å². The van der Waals surface area contributed by atoms with E-state index in [1.165, 1.54) is 0 Å². The summed E-state index contributed by atoms with van der Waals surface area (Å²) in [4.78, 5) is 4.30. The van der Waals surface area contributed by atoms with Crippen LogP contribution in [0.15, 0.2) is 48.8 Å². The van der Waals surface area contributed by atoms with Gasteiger partial charge in [0.1, 0.15) is 6.07 Å². The van der Waals surface area contributed by atoms with Crippen molar-refractivity contribution in [3.05, 3.63) is 64.4 Å². The Labute approximate surface area is 166 Å². The summed E-state index contributed by atoms with van der Waals surface area (Å²) >= 11 is 12.4. The minimum atomic E-state index is 0.501. The lowest BCUT2D eigenvalue weighted by Crippen LogP contribution is -2.09. The third-order valence-electron chi connectivity index (χ3n) is 4.45. The molecule has 0 unspecified atom stereocenters. The zero-order chi connectivity index (χ0) is 18.8. The van der Waals surface area contributed by atoms with Crippen LogP contribution in [0.4, 0.5) is 5.69 Å². The average Bonchev–Trinajstić information content (AvgIpc) is 3.10. The van der Waals surface area contributed by atoms with Crippen molar-refractivity contribution in [1.82, 2.24) is 14.8 Å². The number of anilines is 1. The van der Waals surface area contributed by atoms with E-state index in [9.17, 15) is 5.26 Å². The number of nitriles is 1. The fourth-order valence-electron chi connectivity index (χ4n) is 3.15. The maximum atomic E-state index is 9.41. The van der Waals surface area contributed by atoms with Gasteiger partial charge in [0.25, 0.3) is 0 Å². The van der Waals surface area contributed by atoms with E-state index < -0.39 is 0 Å². The van der Waals surface area contributed by atoms with Crippen molar-refractivity contribution in [1.29, 1.82) is 5.26 Å². The molecule has 2 aromatic carbocycles. The van der Waals surface area contributed by atoms with Crippen LogP contribution >= 0.6 is 23.2 Å². The first-order chi connectivity index (χ1) is 13.2. The minimum Gasteiger partial charge on any atom is -0.383 e. The Morgan fingerprint density at radius 2 is 1.85 bits per heavy atom. The maximum Gasteiger partial charge on any atom is 0.103 e. The number of hydrogen-bond acceptors (Lipinski definition) is 4. The van der Waals surface area contributed by atoms with Crippen molar-refractivity contribution in [2.45, 2.75) is 13.0 Å². The summed E-state index contributed by atoms with van der Waals surface area (Å²) in [7, 11) is 0. The van der Waals surface area contributed by atoms with Gasteiger partial charge in [-0.05, 0) is 24.6 Å². The molecule has 0 saturated carbocycles. The van der Waals surface area contributed by atoms with Crippen LogP contribution < -0.4 is 5.32 Å². The summed E-state index contributed by atoms with van der Waals surface area (Å²) in [6.07, 6.45) is 4.18. The molecule has 0 atom stereocenters. The highest BCUT2D eigenvalue weighted by Crippen LogP contribution is 2.30. The fraction of sp³-hybridized carbons (Fsp3) is 0.150. The molecule has 5 nitrogen and oxygen atoms in total. The third kappa shape index (κ3) is 3.30. The minimum absolute atomic E-state index is 0.501. The molecule has 0 aliphatic rings. The molecule has 0 radical (unpaired) electrons. The molecular formula is C20H15Cl2N5. The average molecular weight is 396 g/mol. The normalized spacial score (nSPS) is 11.0. The first kappa shape index (κ1) is 17.6. The summed E-state index contributed by atoms with van der Waals surface area (Å²) < 4.78 is 1.94. The lowest BCUT2D eigenvalue weighted by atomic mass is 10.1. The van der Waals surface area contributed by atoms with Gasteiger partial charge in [-0.2, -0.15) is 10.4 Å². The van der Waals surface area contributed by atoms with Gasteiger partial charge in [-0.3, -0.25) is 9.67 Å². The zero-order valence-corrected chi connectivity index (χ0v) is 15.8. The van der Waals surface area contributed by atoms with E-state index in [-0.39, 0.29) is 0 Å². The number of aryl methyl sites for hydroxylation is 1. The maximum absolute atomic E-state index is 9.41. The largest absolute Gasteiger partial charge is 0.383 e. The number of halogens is 2. The molecule has 2 heterocycles. The molecule has 0 saturated heterocycles. The summed E-state index contributed by atoms with van der Waals surface area (Å²) in [5, 5.41) is 20.3. The van der Waals surface area contributed by atoms with Gasteiger partial charge in [0.2, 0.25) is 0 Å². The Morgan fingerprint density at radius 1 is 1.04 bits per heavy atom. The number of aromatic nitrogens is 3. The summed E-state index contributed by atoms with van der Waals surface area (Å²) in [6.45, 7) is 1.42. The fourth-order valence-corrected chi connectivity index (χ4v) is 3.59. The molecule has 7 heteroatoms. The van der Waals surface area contributed by atoms with Crippen LogP contribution in [0.25, 0.3) is 21.8 Å². The number of pyridine rings is 1. The van der Waals surface area contributed by atoms with Crippen LogP contribution in [0.5, 0.6) is 0 Å². The first-order valence-electron chi connectivity index (χ1n) is 8.50. The quantitative estimate of drug-likeness (QED) is 0.467. The molecular weight excluding hydrogens is 381 g/mol. The van der Waals surface area contributed by atoms with E-state index in [1.807, 2.05) is 35.0 Å². The highest BCUT2D eigenvalue weighted by Gasteiger charge is 2.11. The summed E-state index contributed by atoms with van der Waals surface area (Å²) in [5.74, 6) is 0. The molecule has 4 aromatic rings. The van der Waals surface area contributed by atoms with E-state index >= 15 is 0 Å². The molecule has 0 bridgehead atoms. The van der Waals surface area contributed by atoms with Crippen LogP contribution in [-0.2, 0) is 6.54 Å². The number of nitrogens with zero attached hydrogens (tertiary/aromatic N) is 4. The molecule has 27 heavy (non-hydrogen) atoms. The van der Waals surface area contributed by atoms with Gasteiger partial charge < -0.3 is 5.32 Å². The molecule has 1 N–H and O–H groups in total.